The molecule has 1 aromatic carbocycles. The molecule has 1 unspecified atom stereocenters. The number of carbonyl (C=O) groups is 1. The highest BCUT2D eigenvalue weighted by atomic mass is 16.4. The number of carboxylic acids is 1. The lowest BCUT2D eigenvalue weighted by atomic mass is 9.92. The van der Waals surface area contributed by atoms with Crippen LogP contribution < -0.4 is 0 Å². The Labute approximate surface area is 97.3 Å². The zero-order chi connectivity index (χ0) is 11.8. The fourth-order valence-electron chi connectivity index (χ4n) is 2.02. The Kier molecular flexibility index (Phi) is 5.62. The maximum absolute atomic E-state index is 10.7. The smallest absolute Gasteiger partial charge is 0.303 e. The molecule has 0 amide bonds. The van der Waals surface area contributed by atoms with Crippen molar-refractivity contribution in [1.29, 1.82) is 0 Å². The lowest BCUT2D eigenvalue weighted by Crippen LogP contribution is -2.08. The minimum atomic E-state index is -0.675. The summed E-state index contributed by atoms with van der Waals surface area (Å²) in [4.78, 5) is 10.7. The molecule has 0 aromatic heterocycles. The van der Waals surface area contributed by atoms with Crippen molar-refractivity contribution in [1.82, 2.24) is 0 Å². The van der Waals surface area contributed by atoms with Gasteiger partial charge in [0.2, 0.25) is 0 Å². The molecule has 0 radical (unpaired) electrons. The van der Waals surface area contributed by atoms with Crippen molar-refractivity contribution in [3.63, 3.8) is 0 Å². The number of rotatable bonds is 7. The number of hydrogen-bond acceptors (Lipinski definition) is 1. The van der Waals surface area contributed by atoms with E-state index in [4.69, 9.17) is 5.11 Å². The number of hydrogen-bond donors (Lipinski definition) is 1. The van der Waals surface area contributed by atoms with Crippen LogP contribution in [0.2, 0.25) is 0 Å². The average Bonchev–Trinajstić information content (AvgIpc) is 2.27. The minimum Gasteiger partial charge on any atom is -0.481 e. The zero-order valence-corrected chi connectivity index (χ0v) is 9.86. The molecule has 0 bridgehead atoms. The normalized spacial score (nSPS) is 12.3. The van der Waals surface area contributed by atoms with E-state index in [0.29, 0.717) is 12.3 Å². The Hall–Kier alpha value is -1.31. The molecule has 2 nitrogen and oxygen atoms in total. The van der Waals surface area contributed by atoms with E-state index < -0.39 is 5.97 Å². The van der Waals surface area contributed by atoms with E-state index in [1.165, 1.54) is 5.56 Å². The van der Waals surface area contributed by atoms with Gasteiger partial charge in [-0.3, -0.25) is 4.79 Å². The largest absolute Gasteiger partial charge is 0.481 e. The van der Waals surface area contributed by atoms with Gasteiger partial charge < -0.3 is 5.11 Å². The highest BCUT2D eigenvalue weighted by Crippen LogP contribution is 2.18. The highest BCUT2D eigenvalue weighted by Gasteiger charge is 2.12. The molecule has 0 spiro atoms. The van der Waals surface area contributed by atoms with E-state index in [1.54, 1.807) is 0 Å². The van der Waals surface area contributed by atoms with Crippen LogP contribution in [0.3, 0.4) is 0 Å². The van der Waals surface area contributed by atoms with Crippen LogP contribution in [0.4, 0.5) is 0 Å². The maximum Gasteiger partial charge on any atom is 0.303 e. The van der Waals surface area contributed by atoms with Crippen molar-refractivity contribution in [2.45, 2.75) is 39.0 Å². The molecule has 1 rings (SSSR count). The lowest BCUT2D eigenvalue weighted by molar-refractivity contribution is -0.138. The van der Waals surface area contributed by atoms with Gasteiger partial charge in [-0.05, 0) is 24.3 Å². The Morgan fingerprint density at radius 2 is 1.94 bits per heavy atom. The molecule has 0 saturated heterocycles. The van der Waals surface area contributed by atoms with Gasteiger partial charge in [0, 0.05) is 6.42 Å². The summed E-state index contributed by atoms with van der Waals surface area (Å²) in [5, 5.41) is 8.81. The first-order chi connectivity index (χ1) is 7.72. The summed E-state index contributed by atoms with van der Waals surface area (Å²) in [6.45, 7) is 2.11. The predicted octanol–water partition coefficient (Wildman–Crippen LogP) is 3.51. The fraction of sp³-hybridized carbons (Fsp3) is 0.500. The second kappa shape index (κ2) is 7.04. The number of aryl methyl sites for hydroxylation is 1. The number of benzene rings is 1. The molecule has 0 saturated carbocycles. The van der Waals surface area contributed by atoms with Crippen LogP contribution in [0.25, 0.3) is 0 Å². The summed E-state index contributed by atoms with van der Waals surface area (Å²) in [6, 6.07) is 10.3. The third kappa shape index (κ3) is 4.96. The molecule has 1 atom stereocenters. The van der Waals surface area contributed by atoms with Gasteiger partial charge in [0.1, 0.15) is 0 Å². The van der Waals surface area contributed by atoms with Gasteiger partial charge in [-0.1, -0.05) is 50.1 Å². The Morgan fingerprint density at radius 3 is 2.50 bits per heavy atom. The number of carboxylic acid groups (broad SMARTS) is 1. The van der Waals surface area contributed by atoms with Gasteiger partial charge in [0.15, 0.2) is 0 Å². The second-order valence-corrected chi connectivity index (χ2v) is 4.28. The Morgan fingerprint density at radius 1 is 1.25 bits per heavy atom. The Bertz CT molecular complexity index is 306. The molecule has 16 heavy (non-hydrogen) atoms. The van der Waals surface area contributed by atoms with Crippen LogP contribution in [-0.4, -0.2) is 11.1 Å². The first-order valence-electron chi connectivity index (χ1n) is 5.98. The maximum atomic E-state index is 10.7. The van der Waals surface area contributed by atoms with Crippen molar-refractivity contribution >= 4 is 5.97 Å². The van der Waals surface area contributed by atoms with Gasteiger partial charge in [-0.25, -0.2) is 0 Å². The molecular weight excluding hydrogens is 200 g/mol. The monoisotopic (exact) mass is 220 g/mol. The first-order valence-corrected chi connectivity index (χ1v) is 5.98. The predicted molar refractivity (Wildman–Crippen MR) is 65.4 cm³/mol. The molecule has 88 valence electrons. The highest BCUT2D eigenvalue weighted by molar-refractivity contribution is 5.66. The van der Waals surface area contributed by atoms with Crippen LogP contribution in [0.5, 0.6) is 0 Å². The van der Waals surface area contributed by atoms with Crippen molar-refractivity contribution in [3.05, 3.63) is 35.9 Å². The van der Waals surface area contributed by atoms with Crippen LogP contribution >= 0.6 is 0 Å². The fourth-order valence-corrected chi connectivity index (χ4v) is 2.02. The molecule has 0 fully saturated rings. The molecule has 1 aromatic rings. The van der Waals surface area contributed by atoms with E-state index in [-0.39, 0.29) is 0 Å². The van der Waals surface area contributed by atoms with Crippen LogP contribution in [-0.2, 0) is 11.2 Å². The molecule has 2 heteroatoms. The Balaban J connectivity index is 2.40. The molecule has 0 aliphatic heterocycles. The van der Waals surface area contributed by atoms with Crippen LogP contribution in [0, 0.1) is 5.92 Å². The zero-order valence-electron chi connectivity index (χ0n) is 9.86. The standard InChI is InChI=1S/C14H20O2/c1-2-6-13(11-14(15)16)10-9-12-7-4-3-5-8-12/h3-5,7-8,13H,2,6,9-11H2,1H3,(H,15,16). The summed E-state index contributed by atoms with van der Waals surface area (Å²) in [5.41, 5.74) is 1.30. The quantitative estimate of drug-likeness (QED) is 0.763. The van der Waals surface area contributed by atoms with E-state index in [2.05, 4.69) is 19.1 Å². The van der Waals surface area contributed by atoms with Crippen LogP contribution in [0.15, 0.2) is 30.3 Å². The van der Waals surface area contributed by atoms with Crippen molar-refractivity contribution in [2.24, 2.45) is 5.92 Å². The van der Waals surface area contributed by atoms with Gasteiger partial charge in [0.05, 0.1) is 0 Å². The summed E-state index contributed by atoms with van der Waals surface area (Å²) in [7, 11) is 0. The summed E-state index contributed by atoms with van der Waals surface area (Å²) in [5.74, 6) is -0.353. The third-order valence-electron chi connectivity index (χ3n) is 2.84. The number of aliphatic carboxylic acids is 1. The molecule has 0 aliphatic carbocycles. The minimum absolute atomic E-state index is 0.306. The second-order valence-electron chi connectivity index (χ2n) is 4.28. The van der Waals surface area contributed by atoms with E-state index in [1.807, 2.05) is 18.2 Å². The van der Waals surface area contributed by atoms with E-state index >= 15 is 0 Å². The topological polar surface area (TPSA) is 37.3 Å². The van der Waals surface area contributed by atoms with Crippen molar-refractivity contribution in [2.75, 3.05) is 0 Å². The SMILES string of the molecule is CCCC(CCc1ccccc1)CC(=O)O. The van der Waals surface area contributed by atoms with Gasteiger partial charge in [-0.15, -0.1) is 0 Å². The molecular formula is C14H20O2. The van der Waals surface area contributed by atoms with Gasteiger partial charge >= 0.3 is 5.97 Å². The van der Waals surface area contributed by atoms with E-state index in [0.717, 1.165) is 25.7 Å². The first kappa shape index (κ1) is 12.8. The van der Waals surface area contributed by atoms with Crippen molar-refractivity contribution < 1.29 is 9.90 Å². The van der Waals surface area contributed by atoms with Crippen LogP contribution in [0.1, 0.15) is 38.2 Å². The summed E-state index contributed by atoms with van der Waals surface area (Å²) < 4.78 is 0. The molecule has 0 heterocycles. The molecule has 0 aliphatic rings. The summed E-state index contributed by atoms with van der Waals surface area (Å²) >= 11 is 0. The van der Waals surface area contributed by atoms with Gasteiger partial charge in [0.25, 0.3) is 0 Å². The lowest BCUT2D eigenvalue weighted by Gasteiger charge is -2.13. The average molecular weight is 220 g/mol. The third-order valence-corrected chi connectivity index (χ3v) is 2.84. The molecule has 1 N–H and O–H groups in total. The van der Waals surface area contributed by atoms with Gasteiger partial charge in [-0.2, -0.15) is 0 Å². The van der Waals surface area contributed by atoms with E-state index in [9.17, 15) is 4.79 Å². The summed E-state index contributed by atoms with van der Waals surface area (Å²) in [6.07, 6.45) is 4.34. The van der Waals surface area contributed by atoms with Crippen molar-refractivity contribution in [3.8, 4) is 0 Å².